The molecule has 1 fully saturated rings. The monoisotopic (exact) mass is 277 g/mol. The molecule has 0 bridgehead atoms. The van der Waals surface area contributed by atoms with Crippen molar-refractivity contribution in [2.45, 2.75) is 51.7 Å². The van der Waals surface area contributed by atoms with Crippen molar-refractivity contribution in [3.63, 3.8) is 0 Å². The maximum Gasteiger partial charge on any atom is 0.126 e. The van der Waals surface area contributed by atoms with Crippen molar-refractivity contribution >= 4 is 0 Å². The fraction of sp³-hybridized carbons (Fsp3) is 0.688. The molecule has 0 unspecified atom stereocenters. The predicted octanol–water partition coefficient (Wildman–Crippen LogP) is 2.44. The Labute approximate surface area is 122 Å². The average molecular weight is 277 g/mol. The van der Waals surface area contributed by atoms with Crippen molar-refractivity contribution in [1.82, 2.24) is 15.2 Å². The van der Waals surface area contributed by atoms with E-state index >= 15 is 0 Å². The Hall–Kier alpha value is -1.13. The molecule has 0 aliphatic heterocycles. The highest BCUT2D eigenvalue weighted by Gasteiger charge is 2.25. The Balaban J connectivity index is 1.83. The van der Waals surface area contributed by atoms with E-state index in [9.17, 15) is 0 Å². The second-order valence-corrected chi connectivity index (χ2v) is 6.65. The van der Waals surface area contributed by atoms with Crippen LogP contribution in [0, 0.1) is 0 Å². The van der Waals surface area contributed by atoms with Crippen LogP contribution < -0.4 is 10.1 Å². The van der Waals surface area contributed by atoms with Crippen molar-refractivity contribution in [3.8, 4) is 5.75 Å². The van der Waals surface area contributed by atoms with Crippen LogP contribution in [0.4, 0.5) is 0 Å². The number of nitrogens with one attached hydrogen (secondary N) is 1. The summed E-state index contributed by atoms with van der Waals surface area (Å²) < 4.78 is 5.93. The molecule has 2 rings (SSSR count). The first kappa shape index (κ1) is 15.3. The lowest BCUT2D eigenvalue weighted by Crippen LogP contribution is -2.35. The largest absolute Gasteiger partial charge is 0.492 e. The van der Waals surface area contributed by atoms with Gasteiger partial charge in [-0.25, -0.2) is 0 Å². The molecule has 4 heteroatoms. The molecule has 4 nitrogen and oxygen atoms in total. The molecular formula is C16H27N3O. The van der Waals surface area contributed by atoms with Gasteiger partial charge in [-0.15, -0.1) is 0 Å². The average Bonchev–Trinajstić information content (AvgIpc) is 3.21. The number of pyridine rings is 1. The molecule has 20 heavy (non-hydrogen) atoms. The van der Waals surface area contributed by atoms with Crippen LogP contribution in [0.2, 0.25) is 0 Å². The molecule has 1 aliphatic rings. The van der Waals surface area contributed by atoms with Gasteiger partial charge in [-0.05, 0) is 46.7 Å². The predicted molar refractivity (Wildman–Crippen MR) is 82.0 cm³/mol. The number of nitrogens with zero attached hydrogens (tertiary/aromatic N) is 2. The smallest absolute Gasteiger partial charge is 0.126 e. The summed E-state index contributed by atoms with van der Waals surface area (Å²) in [6.45, 7) is 8.99. The van der Waals surface area contributed by atoms with Gasteiger partial charge in [0.05, 0.1) is 0 Å². The first-order valence-corrected chi connectivity index (χ1v) is 7.47. The molecule has 0 saturated heterocycles. The number of hydrogen-bond acceptors (Lipinski definition) is 4. The van der Waals surface area contributed by atoms with Gasteiger partial charge >= 0.3 is 0 Å². The van der Waals surface area contributed by atoms with Gasteiger partial charge in [0.1, 0.15) is 12.4 Å². The zero-order valence-corrected chi connectivity index (χ0v) is 13.1. The minimum atomic E-state index is 0.0965. The standard InChI is InChI=1S/C16H27N3O/c1-16(2,3)18-12-13-11-17-8-7-15(13)20-10-9-19(4)14-5-6-14/h7-8,11,14,18H,5-6,9-10,12H2,1-4H3. The van der Waals surface area contributed by atoms with Crippen LogP contribution in [0.1, 0.15) is 39.2 Å². The van der Waals surface area contributed by atoms with E-state index in [1.165, 1.54) is 12.8 Å². The number of rotatable bonds is 7. The second kappa shape index (κ2) is 6.55. The third-order valence-electron chi connectivity index (χ3n) is 3.54. The van der Waals surface area contributed by atoms with E-state index in [4.69, 9.17) is 4.74 Å². The highest BCUT2D eigenvalue weighted by atomic mass is 16.5. The highest BCUT2D eigenvalue weighted by Crippen LogP contribution is 2.25. The Morgan fingerprint density at radius 1 is 1.40 bits per heavy atom. The summed E-state index contributed by atoms with van der Waals surface area (Å²) in [6, 6.07) is 2.75. The lowest BCUT2D eigenvalue weighted by molar-refractivity contribution is 0.229. The molecule has 1 aliphatic carbocycles. The Bertz CT molecular complexity index is 424. The van der Waals surface area contributed by atoms with Gasteiger partial charge in [-0.1, -0.05) is 0 Å². The van der Waals surface area contributed by atoms with E-state index in [2.05, 4.69) is 43.0 Å². The van der Waals surface area contributed by atoms with Crippen molar-refractivity contribution in [2.75, 3.05) is 20.2 Å². The minimum absolute atomic E-state index is 0.0965. The lowest BCUT2D eigenvalue weighted by atomic mass is 10.1. The van der Waals surface area contributed by atoms with Gasteiger partial charge in [0.15, 0.2) is 0 Å². The molecule has 1 aromatic heterocycles. The molecular weight excluding hydrogens is 250 g/mol. The summed E-state index contributed by atoms with van der Waals surface area (Å²) in [5.74, 6) is 0.945. The van der Waals surface area contributed by atoms with Gasteiger partial charge in [-0.2, -0.15) is 0 Å². The fourth-order valence-corrected chi connectivity index (χ4v) is 2.05. The quantitative estimate of drug-likeness (QED) is 0.830. The van der Waals surface area contributed by atoms with Crippen LogP contribution in [-0.2, 0) is 6.54 Å². The molecule has 112 valence electrons. The van der Waals surface area contributed by atoms with Gasteiger partial charge in [0.25, 0.3) is 0 Å². The number of hydrogen-bond donors (Lipinski definition) is 1. The minimum Gasteiger partial charge on any atom is -0.492 e. The summed E-state index contributed by atoms with van der Waals surface area (Å²) in [5, 5.41) is 3.48. The first-order valence-electron chi connectivity index (χ1n) is 7.47. The van der Waals surface area contributed by atoms with Crippen LogP contribution in [0.5, 0.6) is 5.75 Å². The van der Waals surface area contributed by atoms with Crippen molar-refractivity contribution in [2.24, 2.45) is 0 Å². The molecule has 1 N–H and O–H groups in total. The molecule has 0 aromatic carbocycles. The maximum atomic E-state index is 5.93. The van der Waals surface area contributed by atoms with Gasteiger partial charge in [-0.3, -0.25) is 4.98 Å². The summed E-state index contributed by atoms with van der Waals surface area (Å²) in [7, 11) is 2.18. The highest BCUT2D eigenvalue weighted by molar-refractivity contribution is 5.30. The Morgan fingerprint density at radius 2 is 2.15 bits per heavy atom. The van der Waals surface area contributed by atoms with E-state index in [0.717, 1.165) is 37.1 Å². The summed E-state index contributed by atoms with van der Waals surface area (Å²) >= 11 is 0. The van der Waals surface area contributed by atoms with Crippen LogP contribution in [0.15, 0.2) is 18.5 Å². The summed E-state index contributed by atoms with van der Waals surface area (Å²) in [4.78, 5) is 6.58. The Kier molecular flexibility index (Phi) is 5.00. The third-order valence-corrected chi connectivity index (χ3v) is 3.54. The van der Waals surface area contributed by atoms with Crippen LogP contribution in [0.25, 0.3) is 0 Å². The first-order chi connectivity index (χ1) is 9.46. The van der Waals surface area contributed by atoms with E-state index < -0.39 is 0 Å². The zero-order chi connectivity index (χ0) is 14.6. The zero-order valence-electron chi connectivity index (χ0n) is 13.1. The SMILES string of the molecule is CN(CCOc1ccncc1CNC(C)(C)C)C1CC1. The van der Waals surface area contributed by atoms with E-state index in [0.29, 0.717) is 0 Å². The van der Waals surface area contributed by atoms with Crippen molar-refractivity contribution in [3.05, 3.63) is 24.0 Å². The van der Waals surface area contributed by atoms with Gasteiger partial charge in [0, 0.05) is 42.6 Å². The van der Waals surface area contributed by atoms with E-state index in [1.54, 1.807) is 6.20 Å². The number of aromatic nitrogens is 1. The number of likely N-dealkylation sites (N-methyl/N-ethyl adjacent to an activating group) is 1. The maximum absolute atomic E-state index is 5.93. The molecule has 0 atom stereocenters. The van der Waals surface area contributed by atoms with E-state index in [1.807, 2.05) is 12.3 Å². The van der Waals surface area contributed by atoms with Gasteiger partial charge < -0.3 is 15.0 Å². The van der Waals surface area contributed by atoms with Crippen LogP contribution >= 0.6 is 0 Å². The molecule has 0 amide bonds. The molecule has 1 heterocycles. The van der Waals surface area contributed by atoms with Crippen LogP contribution in [-0.4, -0.2) is 41.7 Å². The molecule has 0 spiro atoms. The topological polar surface area (TPSA) is 37.4 Å². The summed E-state index contributed by atoms with van der Waals surface area (Å²) in [5.41, 5.74) is 1.22. The van der Waals surface area contributed by atoms with E-state index in [-0.39, 0.29) is 5.54 Å². The van der Waals surface area contributed by atoms with Crippen molar-refractivity contribution in [1.29, 1.82) is 0 Å². The second-order valence-electron chi connectivity index (χ2n) is 6.65. The van der Waals surface area contributed by atoms with Crippen molar-refractivity contribution < 1.29 is 4.74 Å². The summed E-state index contributed by atoms with van der Waals surface area (Å²) in [6.07, 6.45) is 6.36. The normalized spacial score (nSPS) is 15.7. The molecule has 1 saturated carbocycles. The lowest BCUT2D eigenvalue weighted by Gasteiger charge is -2.22. The molecule has 0 radical (unpaired) electrons. The van der Waals surface area contributed by atoms with Gasteiger partial charge in [0.2, 0.25) is 0 Å². The Morgan fingerprint density at radius 3 is 2.80 bits per heavy atom. The molecule has 1 aromatic rings. The number of ether oxygens (including phenoxy) is 1. The van der Waals surface area contributed by atoms with Crippen LogP contribution in [0.3, 0.4) is 0 Å². The third kappa shape index (κ3) is 5.10. The fourth-order valence-electron chi connectivity index (χ4n) is 2.05.